The number of aromatic nitrogens is 1. The second-order valence-electron chi connectivity index (χ2n) is 11.1. The Hall–Kier alpha value is -5.58. The molecule has 0 saturated carbocycles. The quantitative estimate of drug-likeness (QED) is 0.158. The number of non-ortho nitro benzene ring substituents is 2. The first-order valence-electron chi connectivity index (χ1n) is 13.5. The van der Waals surface area contributed by atoms with E-state index in [1.807, 2.05) is 45.0 Å². The summed E-state index contributed by atoms with van der Waals surface area (Å²) >= 11 is 0. The molecule has 11 nitrogen and oxygen atoms in total. The molecule has 1 unspecified atom stereocenters. The number of carbonyl (C=O) groups excluding carboxylic acids is 1. The van der Waals surface area contributed by atoms with E-state index >= 15 is 0 Å². The van der Waals surface area contributed by atoms with Crippen molar-refractivity contribution in [2.45, 2.75) is 39.2 Å². The fraction of sp³-hybridized carbons (Fsp3) is 0.188. The monoisotopic (exact) mass is 578 g/mol. The summed E-state index contributed by atoms with van der Waals surface area (Å²) in [5.41, 5.74) is 5.77. The molecule has 1 aliphatic heterocycles. The number of rotatable bonds is 7. The van der Waals surface area contributed by atoms with Crippen LogP contribution in [0.5, 0.6) is 5.75 Å². The number of hydrogen-bond acceptors (Lipinski definition) is 8. The van der Waals surface area contributed by atoms with Crippen LogP contribution in [-0.4, -0.2) is 26.3 Å². The zero-order valence-corrected chi connectivity index (χ0v) is 23.5. The number of oxazole rings is 1. The van der Waals surface area contributed by atoms with E-state index in [9.17, 15) is 25.0 Å². The molecule has 1 atom stereocenters. The molecule has 11 heteroatoms. The normalized spacial score (nSPS) is 15.6. The van der Waals surface area contributed by atoms with Gasteiger partial charge in [0, 0.05) is 59.4 Å². The van der Waals surface area contributed by atoms with Crippen molar-refractivity contribution < 1.29 is 23.8 Å². The Morgan fingerprint density at radius 2 is 1.56 bits per heavy atom. The minimum absolute atomic E-state index is 0.0131. The van der Waals surface area contributed by atoms with Gasteiger partial charge in [0.2, 0.25) is 5.89 Å². The first-order valence-corrected chi connectivity index (χ1v) is 13.5. The van der Waals surface area contributed by atoms with Crippen LogP contribution in [0.15, 0.2) is 77.2 Å². The maximum Gasteiger partial charge on any atom is 0.269 e. The van der Waals surface area contributed by atoms with E-state index in [1.54, 1.807) is 12.1 Å². The number of carbonyl (C=O) groups is 1. The van der Waals surface area contributed by atoms with Crippen LogP contribution in [0, 0.1) is 34.1 Å². The van der Waals surface area contributed by atoms with Gasteiger partial charge in [0.1, 0.15) is 16.9 Å². The first-order chi connectivity index (χ1) is 20.5. The largest absolute Gasteiger partial charge is 0.484 e. The fourth-order valence-corrected chi connectivity index (χ4v) is 5.55. The lowest BCUT2D eigenvalue weighted by atomic mass is 9.90. The third kappa shape index (κ3) is 5.40. The third-order valence-corrected chi connectivity index (χ3v) is 7.41. The fourth-order valence-electron chi connectivity index (χ4n) is 5.55. The SMILES string of the molecule is Cc1cc2c(c(NC(=O)c3ccc([N+](=O)[O-])cc3)c1)OC(C)(Cc1cc(C)cc3nc(-c4ccc([N+](=O)[O-])cc4)oc13)C2. The van der Waals surface area contributed by atoms with Gasteiger partial charge in [0.25, 0.3) is 17.3 Å². The van der Waals surface area contributed by atoms with Gasteiger partial charge < -0.3 is 14.5 Å². The third-order valence-electron chi connectivity index (χ3n) is 7.41. The van der Waals surface area contributed by atoms with E-state index in [0.717, 1.165) is 22.3 Å². The molecule has 1 aromatic heterocycles. The number of nitro benzene ring substituents is 2. The molecule has 216 valence electrons. The summed E-state index contributed by atoms with van der Waals surface area (Å²) < 4.78 is 12.8. The molecule has 0 bridgehead atoms. The van der Waals surface area contributed by atoms with Crippen LogP contribution in [0.1, 0.15) is 39.5 Å². The van der Waals surface area contributed by atoms with E-state index in [0.29, 0.717) is 46.8 Å². The van der Waals surface area contributed by atoms with Crippen LogP contribution in [-0.2, 0) is 12.8 Å². The van der Waals surface area contributed by atoms with Crippen LogP contribution in [0.4, 0.5) is 17.1 Å². The molecule has 2 heterocycles. The second kappa shape index (κ2) is 10.4. The van der Waals surface area contributed by atoms with E-state index in [-0.39, 0.29) is 16.9 Å². The standard InChI is InChI=1S/C32H26N4O7/c1-18-12-22(28-26(14-18)34-31(42-28)21-6-10-25(11-7-21)36(40)41)16-32(3)17-23-13-19(2)15-27(29(23)43-32)33-30(37)20-4-8-24(9-5-20)35(38)39/h4-15H,16-17H2,1-3H3,(H,33,37). The van der Waals surface area contributed by atoms with Crippen molar-refractivity contribution >= 4 is 34.1 Å². The lowest BCUT2D eigenvalue weighted by molar-refractivity contribution is -0.385. The minimum atomic E-state index is -0.663. The summed E-state index contributed by atoms with van der Waals surface area (Å²) in [4.78, 5) is 38.7. The van der Waals surface area contributed by atoms with Crippen molar-refractivity contribution in [3.8, 4) is 17.2 Å². The molecule has 6 rings (SSSR count). The highest BCUT2D eigenvalue weighted by Crippen LogP contribution is 2.44. The van der Waals surface area contributed by atoms with Crippen molar-refractivity contribution in [3.05, 3.63) is 121 Å². The van der Waals surface area contributed by atoms with Gasteiger partial charge in [-0.2, -0.15) is 0 Å². The Morgan fingerprint density at radius 1 is 0.930 bits per heavy atom. The molecule has 4 aromatic carbocycles. The molecule has 0 spiro atoms. The molecule has 1 N–H and O–H groups in total. The highest BCUT2D eigenvalue weighted by Gasteiger charge is 2.38. The Labute approximate surface area is 245 Å². The predicted octanol–water partition coefficient (Wildman–Crippen LogP) is 7.12. The van der Waals surface area contributed by atoms with Gasteiger partial charge in [-0.15, -0.1) is 0 Å². The zero-order chi connectivity index (χ0) is 30.5. The summed E-state index contributed by atoms with van der Waals surface area (Å²) in [7, 11) is 0. The molecule has 0 aliphatic carbocycles. The number of fused-ring (bicyclic) bond motifs is 2. The van der Waals surface area contributed by atoms with Crippen molar-refractivity contribution in [3.63, 3.8) is 0 Å². The minimum Gasteiger partial charge on any atom is -0.484 e. The van der Waals surface area contributed by atoms with Crippen LogP contribution in [0.25, 0.3) is 22.6 Å². The van der Waals surface area contributed by atoms with Crippen molar-refractivity contribution in [2.24, 2.45) is 0 Å². The van der Waals surface area contributed by atoms with Crippen LogP contribution in [0.3, 0.4) is 0 Å². The smallest absolute Gasteiger partial charge is 0.269 e. The Morgan fingerprint density at radius 3 is 2.21 bits per heavy atom. The number of benzene rings is 4. The van der Waals surface area contributed by atoms with Crippen molar-refractivity contribution in [1.82, 2.24) is 4.98 Å². The molecular weight excluding hydrogens is 552 g/mol. The van der Waals surface area contributed by atoms with E-state index in [4.69, 9.17) is 9.15 Å². The van der Waals surface area contributed by atoms with Gasteiger partial charge in [-0.25, -0.2) is 4.98 Å². The lowest BCUT2D eigenvalue weighted by Crippen LogP contribution is -2.33. The van der Waals surface area contributed by atoms with Crippen molar-refractivity contribution in [2.75, 3.05) is 5.32 Å². The van der Waals surface area contributed by atoms with Crippen LogP contribution < -0.4 is 10.1 Å². The van der Waals surface area contributed by atoms with E-state index in [1.165, 1.54) is 36.4 Å². The van der Waals surface area contributed by atoms with Crippen LogP contribution in [0.2, 0.25) is 0 Å². The molecule has 0 fully saturated rings. The maximum absolute atomic E-state index is 13.0. The Bertz CT molecular complexity index is 1930. The number of ether oxygens (including phenoxy) is 1. The summed E-state index contributed by atoms with van der Waals surface area (Å²) in [6, 6.07) is 19.3. The molecule has 43 heavy (non-hydrogen) atoms. The average molecular weight is 579 g/mol. The zero-order valence-electron chi connectivity index (χ0n) is 23.5. The predicted molar refractivity (Wildman–Crippen MR) is 160 cm³/mol. The van der Waals surface area contributed by atoms with Gasteiger partial charge in [0.15, 0.2) is 5.58 Å². The summed E-state index contributed by atoms with van der Waals surface area (Å²) in [6.07, 6.45) is 1.08. The number of nitro groups is 2. The average Bonchev–Trinajstić information content (AvgIpc) is 3.53. The van der Waals surface area contributed by atoms with E-state index < -0.39 is 21.4 Å². The summed E-state index contributed by atoms with van der Waals surface area (Å²) in [5, 5.41) is 24.9. The van der Waals surface area contributed by atoms with Gasteiger partial charge in [-0.3, -0.25) is 25.0 Å². The number of hydrogen-bond donors (Lipinski definition) is 1. The number of anilines is 1. The van der Waals surface area contributed by atoms with E-state index in [2.05, 4.69) is 10.3 Å². The summed E-state index contributed by atoms with van der Waals surface area (Å²) in [5.74, 6) is 0.543. The van der Waals surface area contributed by atoms with Gasteiger partial charge >= 0.3 is 0 Å². The number of amides is 1. The highest BCUT2D eigenvalue weighted by molar-refractivity contribution is 6.05. The second-order valence-corrected chi connectivity index (χ2v) is 11.1. The Balaban J connectivity index is 1.27. The number of aryl methyl sites for hydroxylation is 2. The molecule has 1 aliphatic rings. The highest BCUT2D eigenvalue weighted by atomic mass is 16.6. The number of nitrogens with zero attached hydrogens (tertiary/aromatic N) is 3. The summed E-state index contributed by atoms with van der Waals surface area (Å²) in [6.45, 7) is 5.92. The molecular formula is C32H26N4O7. The van der Waals surface area contributed by atoms with Gasteiger partial charge in [-0.1, -0.05) is 12.1 Å². The Kier molecular flexibility index (Phi) is 6.64. The molecule has 0 radical (unpaired) electrons. The first kappa shape index (κ1) is 27.6. The van der Waals surface area contributed by atoms with Gasteiger partial charge in [0.05, 0.1) is 15.5 Å². The van der Waals surface area contributed by atoms with Gasteiger partial charge in [-0.05, 0) is 68.3 Å². The number of nitrogens with one attached hydrogen (secondary N) is 1. The lowest BCUT2D eigenvalue weighted by Gasteiger charge is -2.25. The molecule has 5 aromatic rings. The topological polar surface area (TPSA) is 151 Å². The maximum atomic E-state index is 13.0. The molecule has 0 saturated heterocycles. The van der Waals surface area contributed by atoms with Crippen molar-refractivity contribution in [1.29, 1.82) is 0 Å². The van der Waals surface area contributed by atoms with Crippen LogP contribution >= 0.6 is 0 Å². The molecule has 1 amide bonds.